The molecule has 1 saturated heterocycles. The summed E-state index contributed by atoms with van der Waals surface area (Å²) in [7, 11) is 0. The molecular formula is C14H28FN. The summed E-state index contributed by atoms with van der Waals surface area (Å²) in [4.78, 5) is 0. The molecule has 1 aliphatic heterocycles. The minimum Gasteiger partial charge on any atom is -0.311 e. The average molecular weight is 229 g/mol. The number of hydrogen-bond donors (Lipinski definition) is 1. The van der Waals surface area contributed by atoms with Crippen LogP contribution in [0.4, 0.5) is 4.39 Å². The van der Waals surface area contributed by atoms with Crippen molar-refractivity contribution in [3.63, 3.8) is 0 Å². The number of alkyl halides is 1. The maximum atomic E-state index is 13.8. The second-order valence-corrected chi connectivity index (χ2v) is 5.13. The molecule has 0 amide bonds. The van der Waals surface area contributed by atoms with Gasteiger partial charge in [0.05, 0.1) is 0 Å². The SMILES string of the molecule is CCCCCCCCC(F)C1CCCCN1. The monoisotopic (exact) mass is 229 g/mol. The van der Waals surface area contributed by atoms with E-state index in [2.05, 4.69) is 12.2 Å². The molecule has 0 aromatic carbocycles. The third-order valence-corrected chi connectivity index (χ3v) is 3.62. The van der Waals surface area contributed by atoms with Gasteiger partial charge in [-0.1, -0.05) is 51.9 Å². The van der Waals surface area contributed by atoms with Crippen molar-refractivity contribution < 1.29 is 4.39 Å². The Bertz CT molecular complexity index is 155. The summed E-state index contributed by atoms with van der Waals surface area (Å²) < 4.78 is 13.8. The standard InChI is InChI=1S/C14H28FN/c1-2-3-4-5-6-7-10-13(15)14-11-8-9-12-16-14/h13-14,16H,2-12H2,1H3. The van der Waals surface area contributed by atoms with Gasteiger partial charge in [0.25, 0.3) is 0 Å². The first kappa shape index (κ1) is 14.0. The van der Waals surface area contributed by atoms with E-state index in [1.807, 2.05) is 0 Å². The van der Waals surface area contributed by atoms with Gasteiger partial charge in [-0.05, 0) is 25.8 Å². The molecule has 1 heterocycles. The zero-order valence-corrected chi connectivity index (χ0v) is 10.8. The van der Waals surface area contributed by atoms with E-state index in [4.69, 9.17) is 0 Å². The van der Waals surface area contributed by atoms with E-state index in [0.717, 1.165) is 25.8 Å². The van der Waals surface area contributed by atoms with Crippen molar-refractivity contribution in [1.82, 2.24) is 5.32 Å². The number of halogens is 1. The number of unbranched alkanes of at least 4 members (excludes halogenated alkanes) is 5. The van der Waals surface area contributed by atoms with Gasteiger partial charge in [-0.2, -0.15) is 0 Å². The van der Waals surface area contributed by atoms with Crippen LogP contribution in [0.2, 0.25) is 0 Å². The van der Waals surface area contributed by atoms with E-state index in [1.165, 1.54) is 44.9 Å². The van der Waals surface area contributed by atoms with Crippen LogP contribution in [0.25, 0.3) is 0 Å². The summed E-state index contributed by atoms with van der Waals surface area (Å²) in [6.07, 6.45) is 11.2. The topological polar surface area (TPSA) is 12.0 Å². The Kier molecular flexibility index (Phi) is 7.83. The van der Waals surface area contributed by atoms with Gasteiger partial charge in [-0.3, -0.25) is 0 Å². The lowest BCUT2D eigenvalue weighted by atomic mass is 9.97. The Morgan fingerprint density at radius 3 is 2.56 bits per heavy atom. The molecule has 0 bridgehead atoms. The molecule has 0 aliphatic carbocycles. The molecule has 0 aromatic rings. The van der Waals surface area contributed by atoms with Crippen LogP contribution in [0.15, 0.2) is 0 Å². The molecule has 1 nitrogen and oxygen atoms in total. The molecule has 1 fully saturated rings. The fraction of sp³-hybridized carbons (Fsp3) is 1.00. The van der Waals surface area contributed by atoms with Crippen LogP contribution < -0.4 is 5.32 Å². The van der Waals surface area contributed by atoms with E-state index in [0.29, 0.717) is 0 Å². The fourth-order valence-corrected chi connectivity index (χ4v) is 2.51. The number of nitrogens with one attached hydrogen (secondary N) is 1. The first-order chi connectivity index (χ1) is 7.84. The maximum Gasteiger partial charge on any atom is 0.115 e. The van der Waals surface area contributed by atoms with E-state index in [1.54, 1.807) is 0 Å². The van der Waals surface area contributed by atoms with Gasteiger partial charge in [-0.25, -0.2) is 4.39 Å². The lowest BCUT2D eigenvalue weighted by Gasteiger charge is -2.26. The zero-order valence-electron chi connectivity index (χ0n) is 10.8. The second kappa shape index (κ2) is 8.98. The normalized spacial score (nSPS) is 23.2. The van der Waals surface area contributed by atoms with Crippen molar-refractivity contribution in [2.75, 3.05) is 6.54 Å². The van der Waals surface area contributed by atoms with Crippen LogP contribution in [0, 0.1) is 0 Å². The molecule has 96 valence electrons. The minimum atomic E-state index is -0.605. The smallest absolute Gasteiger partial charge is 0.115 e. The quantitative estimate of drug-likeness (QED) is 0.615. The Balaban J connectivity index is 1.94. The zero-order chi connectivity index (χ0) is 11.6. The highest BCUT2D eigenvalue weighted by Gasteiger charge is 2.21. The van der Waals surface area contributed by atoms with Crippen molar-refractivity contribution in [3.8, 4) is 0 Å². The summed E-state index contributed by atoms with van der Waals surface area (Å²) in [5.74, 6) is 0. The van der Waals surface area contributed by atoms with Crippen molar-refractivity contribution in [3.05, 3.63) is 0 Å². The van der Waals surface area contributed by atoms with Gasteiger partial charge >= 0.3 is 0 Å². The predicted octanol–water partition coefficient (Wildman–Crippen LogP) is 4.22. The highest BCUT2D eigenvalue weighted by molar-refractivity contribution is 4.79. The molecule has 2 atom stereocenters. The summed E-state index contributed by atoms with van der Waals surface area (Å²) >= 11 is 0. The molecule has 0 radical (unpaired) electrons. The van der Waals surface area contributed by atoms with E-state index in [9.17, 15) is 4.39 Å². The molecule has 0 spiro atoms. The summed E-state index contributed by atoms with van der Waals surface area (Å²) in [6.45, 7) is 3.24. The van der Waals surface area contributed by atoms with E-state index < -0.39 is 6.17 Å². The van der Waals surface area contributed by atoms with Crippen molar-refractivity contribution in [1.29, 1.82) is 0 Å². The molecule has 0 saturated carbocycles. The molecule has 2 unspecified atom stereocenters. The first-order valence-corrected chi connectivity index (χ1v) is 7.22. The molecule has 1 rings (SSSR count). The lowest BCUT2D eigenvalue weighted by molar-refractivity contribution is 0.202. The average Bonchev–Trinajstić information content (AvgIpc) is 2.34. The summed E-state index contributed by atoms with van der Waals surface area (Å²) in [5.41, 5.74) is 0. The van der Waals surface area contributed by atoms with Crippen LogP contribution >= 0.6 is 0 Å². The number of piperidine rings is 1. The Hall–Kier alpha value is -0.110. The third-order valence-electron chi connectivity index (χ3n) is 3.62. The highest BCUT2D eigenvalue weighted by Crippen LogP contribution is 2.18. The second-order valence-electron chi connectivity index (χ2n) is 5.13. The van der Waals surface area contributed by atoms with Crippen LogP contribution in [-0.4, -0.2) is 18.8 Å². The van der Waals surface area contributed by atoms with Crippen LogP contribution in [0.5, 0.6) is 0 Å². The van der Waals surface area contributed by atoms with Gasteiger partial charge < -0.3 is 5.32 Å². The summed E-state index contributed by atoms with van der Waals surface area (Å²) in [5, 5.41) is 3.31. The van der Waals surface area contributed by atoms with Gasteiger partial charge in [0, 0.05) is 6.04 Å². The molecular weight excluding hydrogens is 201 g/mol. The highest BCUT2D eigenvalue weighted by atomic mass is 19.1. The Morgan fingerprint density at radius 1 is 1.12 bits per heavy atom. The van der Waals surface area contributed by atoms with Gasteiger partial charge in [0.15, 0.2) is 0 Å². The van der Waals surface area contributed by atoms with E-state index >= 15 is 0 Å². The summed E-state index contributed by atoms with van der Waals surface area (Å²) in [6, 6.07) is 0.157. The largest absolute Gasteiger partial charge is 0.311 e. The van der Waals surface area contributed by atoms with E-state index in [-0.39, 0.29) is 6.04 Å². The van der Waals surface area contributed by atoms with Crippen molar-refractivity contribution >= 4 is 0 Å². The van der Waals surface area contributed by atoms with Crippen molar-refractivity contribution in [2.24, 2.45) is 0 Å². The van der Waals surface area contributed by atoms with Gasteiger partial charge in [0.1, 0.15) is 6.17 Å². The maximum absolute atomic E-state index is 13.8. The molecule has 1 aliphatic rings. The molecule has 2 heteroatoms. The molecule has 1 N–H and O–H groups in total. The minimum absolute atomic E-state index is 0.157. The number of rotatable bonds is 8. The first-order valence-electron chi connectivity index (χ1n) is 7.22. The predicted molar refractivity (Wildman–Crippen MR) is 68.5 cm³/mol. The van der Waals surface area contributed by atoms with Crippen LogP contribution in [0.3, 0.4) is 0 Å². The van der Waals surface area contributed by atoms with Crippen molar-refractivity contribution in [2.45, 2.75) is 83.3 Å². The van der Waals surface area contributed by atoms with Crippen LogP contribution in [0.1, 0.15) is 71.1 Å². The molecule has 16 heavy (non-hydrogen) atoms. The molecule has 0 aromatic heterocycles. The van der Waals surface area contributed by atoms with Gasteiger partial charge in [0.2, 0.25) is 0 Å². The lowest BCUT2D eigenvalue weighted by Crippen LogP contribution is -2.41. The van der Waals surface area contributed by atoms with Gasteiger partial charge in [-0.15, -0.1) is 0 Å². The third kappa shape index (κ3) is 5.83. The Labute approximate surface area is 100 Å². The number of hydrogen-bond acceptors (Lipinski definition) is 1. The Morgan fingerprint density at radius 2 is 1.88 bits per heavy atom. The fourth-order valence-electron chi connectivity index (χ4n) is 2.51. The van der Waals surface area contributed by atoms with Crippen LogP contribution in [-0.2, 0) is 0 Å².